The normalized spacial score (nSPS) is 11.8. The zero-order chi connectivity index (χ0) is 31.4. The Balaban J connectivity index is 1.59. The summed E-state index contributed by atoms with van der Waals surface area (Å²) in [6.07, 6.45) is -2.44. The predicted molar refractivity (Wildman–Crippen MR) is 154 cm³/mol. The van der Waals surface area contributed by atoms with Crippen molar-refractivity contribution in [2.75, 3.05) is 18.6 Å². The molecule has 0 radical (unpaired) electrons. The number of imidazole rings is 1. The number of halogens is 3. The largest absolute Gasteiger partial charge is 0.509 e. The fraction of sp³-hybridized carbons (Fsp3) is 0.345. The van der Waals surface area contributed by atoms with E-state index in [1.165, 1.54) is 46.7 Å². The van der Waals surface area contributed by atoms with Gasteiger partial charge in [-0.1, -0.05) is 30.0 Å². The molecule has 14 heteroatoms. The van der Waals surface area contributed by atoms with Crippen LogP contribution in [0.1, 0.15) is 37.6 Å². The van der Waals surface area contributed by atoms with Crippen LogP contribution in [0.15, 0.2) is 60.0 Å². The first-order valence-corrected chi connectivity index (χ1v) is 14.0. The van der Waals surface area contributed by atoms with Gasteiger partial charge in [-0.2, -0.15) is 13.2 Å². The Morgan fingerprint density at radius 1 is 1.02 bits per heavy atom. The fourth-order valence-electron chi connectivity index (χ4n) is 3.94. The van der Waals surface area contributed by atoms with E-state index in [-0.39, 0.29) is 23.9 Å². The van der Waals surface area contributed by atoms with Crippen molar-refractivity contribution in [2.24, 2.45) is 0 Å². The van der Waals surface area contributed by atoms with Crippen molar-refractivity contribution < 1.29 is 37.0 Å². The molecule has 0 unspecified atom stereocenters. The van der Waals surface area contributed by atoms with E-state index in [0.29, 0.717) is 33.0 Å². The summed E-state index contributed by atoms with van der Waals surface area (Å²) in [6, 6.07) is 11.3. The van der Waals surface area contributed by atoms with Crippen LogP contribution < -0.4 is 9.64 Å². The van der Waals surface area contributed by atoms with Gasteiger partial charge in [0.25, 0.3) is 0 Å². The first kappa shape index (κ1) is 31.6. The minimum atomic E-state index is -4.47. The quantitative estimate of drug-likeness (QED) is 0.154. The van der Waals surface area contributed by atoms with Crippen molar-refractivity contribution in [1.29, 1.82) is 0 Å². The molecular formula is C29H30F3N5O5S. The highest BCUT2D eigenvalue weighted by Crippen LogP contribution is 2.31. The first-order chi connectivity index (χ1) is 20.2. The number of carbonyl (C=O) groups is 2. The third-order valence-corrected chi connectivity index (χ3v) is 6.87. The molecule has 0 spiro atoms. The summed E-state index contributed by atoms with van der Waals surface area (Å²) in [5, 5.41) is 0.336. The van der Waals surface area contributed by atoms with E-state index >= 15 is 0 Å². The van der Waals surface area contributed by atoms with Crippen LogP contribution in [-0.4, -0.2) is 57.1 Å². The van der Waals surface area contributed by atoms with Crippen molar-refractivity contribution in [3.63, 3.8) is 0 Å². The van der Waals surface area contributed by atoms with Crippen molar-refractivity contribution in [3.8, 4) is 5.75 Å². The van der Waals surface area contributed by atoms with Gasteiger partial charge in [0.2, 0.25) is 0 Å². The van der Waals surface area contributed by atoms with Gasteiger partial charge in [-0.05, 0) is 52.0 Å². The Morgan fingerprint density at radius 2 is 1.77 bits per heavy atom. The number of thioether (sulfide) groups is 1. The number of hydrogen-bond donors (Lipinski definition) is 0. The monoisotopic (exact) mass is 617 g/mol. The second kappa shape index (κ2) is 12.9. The minimum Gasteiger partial charge on any atom is -0.484 e. The standard InChI is InChI=1S/C29H30F3N5O5S/c1-18-21(33-14-12-23(18)41-17-29(30,31)32)16-43-25-35-20-10-6-7-11-22(20)37(25)26(38)36(5)24-19(9-8-13-34-24)15-40-27(39)42-28(2,3)4/h6-14H,15-17H2,1-5H3. The number of alkyl halides is 3. The number of carbonyl (C=O) groups excluding carboxylic acids is 2. The molecule has 0 atom stereocenters. The molecule has 0 aliphatic rings. The average molecular weight is 618 g/mol. The molecule has 4 rings (SSSR count). The van der Waals surface area contributed by atoms with Gasteiger partial charge in [0.1, 0.15) is 23.8 Å². The number of hydrogen-bond acceptors (Lipinski definition) is 9. The maximum atomic E-state index is 14.0. The number of amides is 1. The summed E-state index contributed by atoms with van der Waals surface area (Å²) in [5.74, 6) is 0.536. The number of anilines is 1. The van der Waals surface area contributed by atoms with Gasteiger partial charge >= 0.3 is 18.4 Å². The van der Waals surface area contributed by atoms with Gasteiger partial charge in [-0.15, -0.1) is 0 Å². The molecule has 0 fully saturated rings. The molecule has 10 nitrogen and oxygen atoms in total. The van der Waals surface area contributed by atoms with Crippen molar-refractivity contribution in [3.05, 3.63) is 71.7 Å². The Morgan fingerprint density at radius 3 is 2.49 bits per heavy atom. The molecule has 0 bridgehead atoms. The number of ether oxygens (including phenoxy) is 3. The molecule has 3 heterocycles. The SMILES string of the molecule is Cc1c(OCC(F)(F)F)ccnc1CSc1nc2ccccc2n1C(=O)N(C)c1ncccc1COC(=O)OC(C)(C)C. The first-order valence-electron chi connectivity index (χ1n) is 13.1. The van der Waals surface area contributed by atoms with Crippen molar-refractivity contribution in [2.45, 2.75) is 57.0 Å². The maximum Gasteiger partial charge on any atom is 0.509 e. The van der Waals surface area contributed by atoms with E-state index in [2.05, 4.69) is 15.0 Å². The second-order valence-corrected chi connectivity index (χ2v) is 11.3. The highest BCUT2D eigenvalue weighted by atomic mass is 32.2. The molecule has 228 valence electrons. The fourth-order valence-corrected chi connectivity index (χ4v) is 4.97. The lowest BCUT2D eigenvalue weighted by atomic mass is 10.2. The number of pyridine rings is 2. The van der Waals surface area contributed by atoms with Crippen LogP contribution in [0.4, 0.5) is 28.6 Å². The molecule has 0 saturated carbocycles. The Kier molecular flexibility index (Phi) is 9.48. The van der Waals surface area contributed by atoms with E-state index in [9.17, 15) is 22.8 Å². The average Bonchev–Trinajstić information content (AvgIpc) is 3.31. The van der Waals surface area contributed by atoms with Crippen molar-refractivity contribution >= 4 is 40.8 Å². The zero-order valence-electron chi connectivity index (χ0n) is 24.1. The number of rotatable bonds is 8. The molecule has 4 aromatic rings. The van der Waals surface area contributed by atoms with Crippen LogP contribution in [0.2, 0.25) is 0 Å². The molecule has 0 saturated heterocycles. The highest BCUT2D eigenvalue weighted by Gasteiger charge is 2.29. The van der Waals surface area contributed by atoms with Crippen LogP contribution in [0.5, 0.6) is 5.75 Å². The van der Waals surface area contributed by atoms with Gasteiger partial charge < -0.3 is 14.2 Å². The Bertz CT molecular complexity index is 1620. The predicted octanol–water partition coefficient (Wildman–Crippen LogP) is 6.92. The molecule has 3 aromatic heterocycles. The Labute approximate surface area is 250 Å². The number of aromatic nitrogens is 4. The molecule has 1 amide bonds. The maximum absolute atomic E-state index is 14.0. The second-order valence-electron chi connectivity index (χ2n) is 10.4. The van der Waals surface area contributed by atoms with Gasteiger partial charge in [0.15, 0.2) is 11.8 Å². The van der Waals surface area contributed by atoms with E-state index in [1.807, 2.05) is 0 Å². The molecule has 1 aromatic carbocycles. The van der Waals surface area contributed by atoms with Gasteiger partial charge in [-0.3, -0.25) is 9.88 Å². The lowest BCUT2D eigenvalue weighted by Crippen LogP contribution is -2.33. The molecular weight excluding hydrogens is 587 g/mol. The molecule has 43 heavy (non-hydrogen) atoms. The zero-order valence-corrected chi connectivity index (χ0v) is 25.0. The van der Waals surface area contributed by atoms with Crippen LogP contribution in [0.3, 0.4) is 0 Å². The minimum absolute atomic E-state index is 0.0727. The molecule has 0 N–H and O–H groups in total. The number of para-hydroxylation sites is 2. The van der Waals surface area contributed by atoms with Gasteiger partial charge in [-0.25, -0.2) is 24.1 Å². The third kappa shape index (κ3) is 8.15. The van der Waals surface area contributed by atoms with Gasteiger partial charge in [0, 0.05) is 36.3 Å². The summed E-state index contributed by atoms with van der Waals surface area (Å²) < 4.78 is 54.9. The summed E-state index contributed by atoms with van der Waals surface area (Å²) >= 11 is 1.19. The van der Waals surface area contributed by atoms with Crippen LogP contribution in [0.25, 0.3) is 11.0 Å². The van der Waals surface area contributed by atoms with Crippen LogP contribution in [0, 0.1) is 6.92 Å². The van der Waals surface area contributed by atoms with Crippen LogP contribution in [-0.2, 0) is 21.8 Å². The lowest BCUT2D eigenvalue weighted by Gasteiger charge is -2.22. The third-order valence-electron chi connectivity index (χ3n) is 5.92. The summed E-state index contributed by atoms with van der Waals surface area (Å²) in [7, 11) is 1.54. The molecule has 0 aliphatic heterocycles. The highest BCUT2D eigenvalue weighted by molar-refractivity contribution is 7.98. The van der Waals surface area contributed by atoms with E-state index in [0.717, 1.165) is 0 Å². The topological polar surface area (TPSA) is 109 Å². The van der Waals surface area contributed by atoms with E-state index < -0.39 is 30.6 Å². The number of benzene rings is 1. The molecule has 0 aliphatic carbocycles. The number of fused-ring (bicyclic) bond motifs is 1. The summed E-state index contributed by atoms with van der Waals surface area (Å²) in [6.45, 7) is 5.18. The lowest BCUT2D eigenvalue weighted by molar-refractivity contribution is -0.153. The number of nitrogens with zero attached hydrogens (tertiary/aromatic N) is 5. The summed E-state index contributed by atoms with van der Waals surface area (Å²) in [5.41, 5.74) is 1.77. The Hall–Kier alpha value is -4.33. The van der Waals surface area contributed by atoms with Gasteiger partial charge in [0.05, 0.1) is 16.7 Å². The summed E-state index contributed by atoms with van der Waals surface area (Å²) in [4.78, 5) is 40.7. The van der Waals surface area contributed by atoms with E-state index in [4.69, 9.17) is 14.2 Å². The van der Waals surface area contributed by atoms with Crippen molar-refractivity contribution in [1.82, 2.24) is 19.5 Å². The smallest absolute Gasteiger partial charge is 0.484 e. The van der Waals surface area contributed by atoms with Crippen LogP contribution >= 0.6 is 11.8 Å². The van der Waals surface area contributed by atoms with E-state index in [1.54, 1.807) is 64.1 Å².